The van der Waals surface area contributed by atoms with Gasteiger partial charge < -0.3 is 5.11 Å². The molecule has 1 saturated heterocycles. The third-order valence-electron chi connectivity index (χ3n) is 3.68. The van der Waals surface area contributed by atoms with E-state index in [1.165, 1.54) is 0 Å². The molecular formula is C14H18BrNO4S. The summed E-state index contributed by atoms with van der Waals surface area (Å²) in [5.74, 6) is -0.949. The van der Waals surface area contributed by atoms with Gasteiger partial charge in [0.15, 0.2) is 9.84 Å². The summed E-state index contributed by atoms with van der Waals surface area (Å²) in [4.78, 5) is 12.9. The fraction of sp³-hybridized carbons (Fsp3) is 0.500. The number of aliphatic carboxylic acids is 1. The lowest BCUT2D eigenvalue weighted by Gasteiger charge is -2.34. The van der Waals surface area contributed by atoms with Crippen molar-refractivity contribution in [2.24, 2.45) is 0 Å². The Morgan fingerprint density at radius 2 is 2.19 bits per heavy atom. The minimum atomic E-state index is -3.13. The first-order chi connectivity index (χ1) is 9.77. The lowest BCUT2D eigenvalue weighted by Crippen LogP contribution is -2.48. The molecule has 116 valence electrons. The summed E-state index contributed by atoms with van der Waals surface area (Å²) < 4.78 is 24.4. The minimum Gasteiger partial charge on any atom is -0.481 e. The fourth-order valence-electron chi connectivity index (χ4n) is 2.49. The van der Waals surface area contributed by atoms with E-state index in [-0.39, 0.29) is 17.9 Å². The van der Waals surface area contributed by atoms with Crippen molar-refractivity contribution in [2.75, 3.05) is 18.1 Å². The Morgan fingerprint density at radius 1 is 1.48 bits per heavy atom. The number of hydrogen-bond acceptors (Lipinski definition) is 4. The lowest BCUT2D eigenvalue weighted by molar-refractivity contribution is -0.138. The van der Waals surface area contributed by atoms with Crippen molar-refractivity contribution in [3.8, 4) is 0 Å². The Bertz CT molecular complexity index is 644. The summed E-state index contributed by atoms with van der Waals surface area (Å²) in [6, 6.07) is 5.52. The molecule has 1 heterocycles. The van der Waals surface area contributed by atoms with Gasteiger partial charge in [0, 0.05) is 23.6 Å². The van der Waals surface area contributed by atoms with Gasteiger partial charge in [0.25, 0.3) is 0 Å². The third-order valence-corrected chi connectivity index (χ3v) is 6.24. The number of carboxylic acid groups (broad SMARTS) is 1. The zero-order valence-corrected chi connectivity index (χ0v) is 14.2. The van der Waals surface area contributed by atoms with Crippen LogP contribution in [0, 0.1) is 6.92 Å². The summed E-state index contributed by atoms with van der Waals surface area (Å²) in [6.45, 7) is 2.94. The maximum Gasteiger partial charge on any atom is 0.304 e. The highest BCUT2D eigenvalue weighted by atomic mass is 79.9. The number of aryl methyl sites for hydroxylation is 1. The minimum absolute atomic E-state index is 0.0771. The predicted octanol–water partition coefficient (Wildman–Crippen LogP) is 1.83. The van der Waals surface area contributed by atoms with Crippen molar-refractivity contribution in [1.82, 2.24) is 4.90 Å². The fourth-order valence-corrected chi connectivity index (χ4v) is 4.51. The number of sulfone groups is 1. The molecule has 1 aliphatic heterocycles. The van der Waals surface area contributed by atoms with Gasteiger partial charge in [-0.3, -0.25) is 9.69 Å². The molecule has 1 N–H and O–H groups in total. The summed E-state index contributed by atoms with van der Waals surface area (Å²) >= 11 is 3.48. The molecule has 0 aromatic heterocycles. The second-order valence-corrected chi connectivity index (χ2v) is 8.50. The molecule has 0 radical (unpaired) electrons. The highest BCUT2D eigenvalue weighted by molar-refractivity contribution is 9.10. The van der Waals surface area contributed by atoms with E-state index in [2.05, 4.69) is 15.9 Å². The smallest absolute Gasteiger partial charge is 0.304 e. The van der Waals surface area contributed by atoms with E-state index in [0.29, 0.717) is 13.1 Å². The largest absolute Gasteiger partial charge is 0.481 e. The highest BCUT2D eigenvalue weighted by Gasteiger charge is 2.32. The molecule has 0 aliphatic carbocycles. The summed E-state index contributed by atoms with van der Waals surface area (Å²) in [5.41, 5.74) is 2.17. The molecule has 0 bridgehead atoms. The average Bonchev–Trinajstić information content (AvgIpc) is 2.36. The van der Waals surface area contributed by atoms with Crippen LogP contribution < -0.4 is 0 Å². The van der Waals surface area contributed by atoms with Gasteiger partial charge in [-0.05, 0) is 24.1 Å². The van der Waals surface area contributed by atoms with Crippen LogP contribution in [0.4, 0.5) is 0 Å². The van der Waals surface area contributed by atoms with Crippen molar-refractivity contribution in [2.45, 2.75) is 25.9 Å². The molecule has 1 aromatic carbocycles. The summed E-state index contributed by atoms with van der Waals surface area (Å²) in [5, 5.41) is 8.97. The number of carboxylic acids is 1. The number of carbonyl (C=O) groups is 1. The van der Waals surface area contributed by atoms with Crippen LogP contribution in [0.15, 0.2) is 22.7 Å². The van der Waals surface area contributed by atoms with E-state index in [1.807, 2.05) is 30.0 Å². The summed E-state index contributed by atoms with van der Waals surface area (Å²) in [7, 11) is -3.13. The van der Waals surface area contributed by atoms with Crippen LogP contribution in [0.3, 0.4) is 0 Å². The molecule has 1 fully saturated rings. The molecule has 0 spiro atoms. The highest BCUT2D eigenvalue weighted by Crippen LogP contribution is 2.22. The second kappa shape index (κ2) is 6.46. The van der Waals surface area contributed by atoms with Gasteiger partial charge in [-0.25, -0.2) is 8.42 Å². The van der Waals surface area contributed by atoms with Gasteiger partial charge in [0.2, 0.25) is 0 Å². The van der Waals surface area contributed by atoms with Crippen molar-refractivity contribution in [3.05, 3.63) is 33.8 Å². The Morgan fingerprint density at radius 3 is 2.81 bits per heavy atom. The van der Waals surface area contributed by atoms with Crippen LogP contribution in [0.1, 0.15) is 17.5 Å². The van der Waals surface area contributed by atoms with E-state index >= 15 is 0 Å². The predicted molar refractivity (Wildman–Crippen MR) is 84.0 cm³/mol. The van der Waals surface area contributed by atoms with Crippen LogP contribution in [0.5, 0.6) is 0 Å². The second-order valence-electron chi connectivity index (χ2n) is 5.42. The van der Waals surface area contributed by atoms with E-state index in [1.54, 1.807) is 0 Å². The first-order valence-electron chi connectivity index (χ1n) is 6.68. The molecule has 21 heavy (non-hydrogen) atoms. The van der Waals surface area contributed by atoms with Gasteiger partial charge in [-0.2, -0.15) is 0 Å². The Kier molecular flexibility index (Phi) is 5.06. The van der Waals surface area contributed by atoms with Gasteiger partial charge in [-0.1, -0.05) is 28.1 Å². The van der Waals surface area contributed by atoms with E-state index < -0.39 is 21.8 Å². The molecule has 1 unspecified atom stereocenters. The number of halogens is 1. The van der Waals surface area contributed by atoms with Gasteiger partial charge >= 0.3 is 5.97 Å². The Balaban J connectivity index is 2.15. The number of rotatable bonds is 4. The number of benzene rings is 1. The molecule has 1 aliphatic rings. The first kappa shape index (κ1) is 16.5. The SMILES string of the molecule is Cc1ccc(CN2CCS(=O)(=O)CC2CC(=O)O)cc1Br. The quantitative estimate of drug-likeness (QED) is 0.868. The lowest BCUT2D eigenvalue weighted by atomic mass is 10.1. The van der Waals surface area contributed by atoms with E-state index in [9.17, 15) is 13.2 Å². The zero-order chi connectivity index (χ0) is 15.6. The van der Waals surface area contributed by atoms with Crippen LogP contribution >= 0.6 is 15.9 Å². The van der Waals surface area contributed by atoms with Crippen molar-refractivity contribution in [3.63, 3.8) is 0 Å². The monoisotopic (exact) mass is 375 g/mol. The summed E-state index contributed by atoms with van der Waals surface area (Å²) in [6.07, 6.45) is -0.147. The van der Waals surface area contributed by atoms with Crippen LogP contribution in [-0.2, 0) is 21.2 Å². The standard InChI is InChI=1S/C14H18BrNO4S/c1-10-2-3-11(6-13(10)15)8-16-4-5-21(19,20)9-12(16)7-14(17)18/h2-3,6,12H,4-5,7-9H2,1H3,(H,17,18). The van der Waals surface area contributed by atoms with Gasteiger partial charge in [-0.15, -0.1) is 0 Å². The first-order valence-corrected chi connectivity index (χ1v) is 9.29. The van der Waals surface area contributed by atoms with Crippen molar-refractivity contribution in [1.29, 1.82) is 0 Å². The maximum absolute atomic E-state index is 11.7. The van der Waals surface area contributed by atoms with Crippen LogP contribution in [0.25, 0.3) is 0 Å². The molecule has 0 saturated carbocycles. The Hall–Kier alpha value is -0.920. The molecule has 2 rings (SSSR count). The average molecular weight is 376 g/mol. The third kappa shape index (κ3) is 4.52. The molecular weight excluding hydrogens is 358 g/mol. The molecule has 1 aromatic rings. The van der Waals surface area contributed by atoms with E-state index in [0.717, 1.165) is 15.6 Å². The number of nitrogens with zero attached hydrogens (tertiary/aromatic N) is 1. The number of hydrogen-bond donors (Lipinski definition) is 1. The van der Waals surface area contributed by atoms with Gasteiger partial charge in [0.05, 0.1) is 17.9 Å². The normalized spacial score (nSPS) is 22.1. The maximum atomic E-state index is 11.7. The van der Waals surface area contributed by atoms with Crippen molar-refractivity contribution < 1.29 is 18.3 Å². The zero-order valence-electron chi connectivity index (χ0n) is 11.8. The molecule has 5 nitrogen and oxygen atoms in total. The Labute approximate surface area is 133 Å². The topological polar surface area (TPSA) is 74.7 Å². The molecule has 1 atom stereocenters. The molecule has 0 amide bonds. The van der Waals surface area contributed by atoms with Crippen molar-refractivity contribution >= 4 is 31.7 Å². The molecule has 7 heteroatoms. The van der Waals surface area contributed by atoms with Crippen LogP contribution in [-0.4, -0.2) is 48.5 Å². The van der Waals surface area contributed by atoms with Gasteiger partial charge in [0.1, 0.15) is 0 Å². The van der Waals surface area contributed by atoms with E-state index in [4.69, 9.17) is 5.11 Å². The van der Waals surface area contributed by atoms with Crippen LogP contribution in [0.2, 0.25) is 0 Å².